The Morgan fingerprint density at radius 3 is 3.00 bits per heavy atom. The highest BCUT2D eigenvalue weighted by atomic mass is 15.3. The van der Waals surface area contributed by atoms with Crippen molar-refractivity contribution in [3.63, 3.8) is 0 Å². The minimum absolute atomic E-state index is 0.550. The highest BCUT2D eigenvalue weighted by Gasteiger charge is 2.03. The van der Waals surface area contributed by atoms with Gasteiger partial charge in [-0.15, -0.1) is 0 Å². The second-order valence-electron chi connectivity index (χ2n) is 2.95. The Morgan fingerprint density at radius 2 is 2.46 bits per heavy atom. The lowest BCUT2D eigenvalue weighted by molar-refractivity contribution is 0.320. The van der Waals surface area contributed by atoms with E-state index >= 15 is 0 Å². The Balaban J connectivity index is 2.41. The molecule has 70 valence electrons. The maximum Gasteiger partial charge on any atom is 0.140 e. The Hall–Kier alpha value is -1.41. The van der Waals surface area contributed by atoms with Crippen molar-refractivity contribution in [1.29, 1.82) is 5.26 Å². The van der Waals surface area contributed by atoms with Crippen LogP contribution < -0.4 is 0 Å². The summed E-state index contributed by atoms with van der Waals surface area (Å²) < 4.78 is 1.74. The quantitative estimate of drug-likeness (QED) is 0.660. The summed E-state index contributed by atoms with van der Waals surface area (Å²) in [6, 6.07) is 2.11. The largest absolute Gasteiger partial charge is 0.298 e. The highest BCUT2D eigenvalue weighted by Crippen LogP contribution is 1.97. The lowest BCUT2D eigenvalue weighted by atomic mass is 10.4. The molecule has 0 spiro atoms. The third-order valence-corrected chi connectivity index (χ3v) is 1.82. The third kappa shape index (κ3) is 2.84. The first-order valence-electron chi connectivity index (χ1n) is 4.12. The van der Waals surface area contributed by atoms with Crippen molar-refractivity contribution in [2.24, 2.45) is 7.05 Å². The first-order valence-corrected chi connectivity index (χ1v) is 4.12. The zero-order valence-corrected chi connectivity index (χ0v) is 7.93. The van der Waals surface area contributed by atoms with E-state index in [-0.39, 0.29) is 0 Å². The maximum atomic E-state index is 8.39. The zero-order valence-electron chi connectivity index (χ0n) is 7.93. The van der Waals surface area contributed by atoms with Gasteiger partial charge in [0.2, 0.25) is 0 Å². The molecule has 0 aliphatic carbocycles. The molecular weight excluding hydrogens is 166 g/mol. The molecule has 0 N–H and O–H groups in total. The Morgan fingerprint density at radius 1 is 1.69 bits per heavy atom. The summed E-state index contributed by atoms with van der Waals surface area (Å²) in [5.41, 5.74) is 0. The molecule has 0 radical (unpaired) electrons. The van der Waals surface area contributed by atoms with Gasteiger partial charge in [-0.05, 0) is 7.05 Å². The van der Waals surface area contributed by atoms with Gasteiger partial charge in [0.1, 0.15) is 12.2 Å². The minimum atomic E-state index is 0.550. The minimum Gasteiger partial charge on any atom is -0.298 e. The molecule has 5 nitrogen and oxygen atoms in total. The van der Waals surface area contributed by atoms with Crippen LogP contribution in [-0.2, 0) is 13.6 Å². The van der Waals surface area contributed by atoms with Gasteiger partial charge in [0.25, 0.3) is 0 Å². The van der Waals surface area contributed by atoms with Gasteiger partial charge in [0.15, 0.2) is 0 Å². The van der Waals surface area contributed by atoms with Crippen molar-refractivity contribution < 1.29 is 0 Å². The molecule has 13 heavy (non-hydrogen) atoms. The number of rotatable bonds is 4. The van der Waals surface area contributed by atoms with Crippen molar-refractivity contribution in [1.82, 2.24) is 19.7 Å². The number of aromatic nitrogens is 3. The van der Waals surface area contributed by atoms with Gasteiger partial charge in [0, 0.05) is 20.0 Å². The summed E-state index contributed by atoms with van der Waals surface area (Å²) in [7, 11) is 3.83. The molecule has 0 aliphatic rings. The zero-order chi connectivity index (χ0) is 9.68. The fourth-order valence-corrected chi connectivity index (χ4v) is 1.02. The van der Waals surface area contributed by atoms with Gasteiger partial charge in [-0.3, -0.25) is 9.58 Å². The molecule has 0 bridgehead atoms. The van der Waals surface area contributed by atoms with E-state index in [0.29, 0.717) is 6.42 Å². The topological polar surface area (TPSA) is 57.7 Å². The average Bonchev–Trinajstić information content (AvgIpc) is 2.48. The van der Waals surface area contributed by atoms with Crippen LogP contribution in [0, 0.1) is 11.3 Å². The van der Waals surface area contributed by atoms with E-state index < -0.39 is 0 Å². The van der Waals surface area contributed by atoms with E-state index in [1.54, 1.807) is 4.68 Å². The molecule has 1 aromatic heterocycles. The normalized spacial score (nSPS) is 10.3. The van der Waals surface area contributed by atoms with Gasteiger partial charge in [-0.25, -0.2) is 4.98 Å². The van der Waals surface area contributed by atoms with Crippen molar-refractivity contribution in [3.05, 3.63) is 12.2 Å². The summed E-state index contributed by atoms with van der Waals surface area (Å²) in [5.74, 6) is 0.917. The van der Waals surface area contributed by atoms with Gasteiger partial charge >= 0.3 is 0 Å². The predicted molar refractivity (Wildman–Crippen MR) is 47.6 cm³/mol. The lowest BCUT2D eigenvalue weighted by Gasteiger charge is -2.13. The number of aryl methyl sites for hydroxylation is 1. The van der Waals surface area contributed by atoms with Gasteiger partial charge in [-0.1, -0.05) is 0 Å². The average molecular weight is 179 g/mol. The summed E-state index contributed by atoms with van der Waals surface area (Å²) in [6.07, 6.45) is 2.09. The van der Waals surface area contributed by atoms with Crippen LogP contribution >= 0.6 is 0 Å². The first-order chi connectivity index (χ1) is 6.24. The predicted octanol–water partition coefficient (Wildman–Crippen LogP) is 0.161. The van der Waals surface area contributed by atoms with Gasteiger partial charge < -0.3 is 0 Å². The summed E-state index contributed by atoms with van der Waals surface area (Å²) in [4.78, 5) is 6.14. The van der Waals surface area contributed by atoms with Crippen molar-refractivity contribution in [2.75, 3.05) is 13.6 Å². The fourth-order valence-electron chi connectivity index (χ4n) is 1.02. The van der Waals surface area contributed by atoms with E-state index in [4.69, 9.17) is 5.26 Å². The van der Waals surface area contributed by atoms with Crippen LogP contribution in [0.3, 0.4) is 0 Å². The van der Waals surface area contributed by atoms with Crippen LogP contribution in [0.2, 0.25) is 0 Å². The van der Waals surface area contributed by atoms with Gasteiger partial charge in [-0.2, -0.15) is 10.4 Å². The van der Waals surface area contributed by atoms with Crippen LogP contribution in [0.4, 0.5) is 0 Å². The molecule has 0 atom stereocenters. The molecular formula is C8H13N5. The highest BCUT2D eigenvalue weighted by molar-refractivity contribution is 4.83. The SMILES string of the molecule is CN(CCC#N)Cc1ncnn1C. The second kappa shape index (κ2) is 4.58. The molecule has 0 aliphatic heterocycles. The number of nitriles is 1. The van der Waals surface area contributed by atoms with Crippen LogP contribution in [0.15, 0.2) is 6.33 Å². The molecule has 0 amide bonds. The molecule has 0 unspecified atom stereocenters. The molecule has 0 saturated carbocycles. The Labute approximate surface area is 77.6 Å². The number of nitrogens with zero attached hydrogens (tertiary/aromatic N) is 5. The molecule has 1 aromatic rings. The third-order valence-electron chi connectivity index (χ3n) is 1.82. The van der Waals surface area contributed by atoms with Crippen molar-refractivity contribution in [3.8, 4) is 6.07 Å². The lowest BCUT2D eigenvalue weighted by Crippen LogP contribution is -2.21. The molecule has 0 saturated heterocycles. The monoisotopic (exact) mass is 179 g/mol. The van der Waals surface area contributed by atoms with E-state index in [0.717, 1.165) is 18.9 Å². The number of hydrogen-bond acceptors (Lipinski definition) is 4. The fraction of sp³-hybridized carbons (Fsp3) is 0.625. The van der Waals surface area contributed by atoms with Crippen molar-refractivity contribution in [2.45, 2.75) is 13.0 Å². The molecule has 1 heterocycles. The molecule has 0 aromatic carbocycles. The van der Waals surface area contributed by atoms with Crippen LogP contribution in [0.1, 0.15) is 12.2 Å². The second-order valence-corrected chi connectivity index (χ2v) is 2.95. The van der Waals surface area contributed by atoms with E-state index in [2.05, 4.69) is 16.2 Å². The summed E-state index contributed by atoms with van der Waals surface area (Å²) in [5, 5.41) is 12.3. The Bertz CT molecular complexity index is 298. The van der Waals surface area contributed by atoms with E-state index in [9.17, 15) is 0 Å². The number of hydrogen-bond donors (Lipinski definition) is 0. The van der Waals surface area contributed by atoms with Gasteiger partial charge in [0.05, 0.1) is 12.6 Å². The van der Waals surface area contributed by atoms with Crippen LogP contribution in [-0.4, -0.2) is 33.3 Å². The first kappa shape index (κ1) is 9.68. The Kier molecular flexibility index (Phi) is 3.41. The standard InChI is InChI=1S/C8H13N5/c1-12(5-3-4-9)6-8-10-7-11-13(8)2/h7H,3,5-6H2,1-2H3. The van der Waals surface area contributed by atoms with E-state index in [1.165, 1.54) is 6.33 Å². The van der Waals surface area contributed by atoms with E-state index in [1.807, 2.05) is 19.0 Å². The van der Waals surface area contributed by atoms with Crippen LogP contribution in [0.5, 0.6) is 0 Å². The summed E-state index contributed by atoms with van der Waals surface area (Å²) in [6.45, 7) is 1.50. The van der Waals surface area contributed by atoms with Crippen molar-refractivity contribution >= 4 is 0 Å². The molecule has 1 rings (SSSR count). The molecule has 0 fully saturated rings. The smallest absolute Gasteiger partial charge is 0.140 e. The summed E-state index contributed by atoms with van der Waals surface area (Å²) >= 11 is 0. The molecule has 5 heteroatoms. The maximum absolute atomic E-state index is 8.39. The van der Waals surface area contributed by atoms with Crippen LogP contribution in [0.25, 0.3) is 0 Å².